The van der Waals surface area contributed by atoms with E-state index in [9.17, 15) is 0 Å². The maximum absolute atomic E-state index is 5.74. The average molecular weight is 262 g/mol. The van der Waals surface area contributed by atoms with Crippen LogP contribution < -0.4 is 5.73 Å². The summed E-state index contributed by atoms with van der Waals surface area (Å²) in [5, 5.41) is 0.997. The van der Waals surface area contributed by atoms with Crippen LogP contribution in [0.25, 0.3) is 10.6 Å². The van der Waals surface area contributed by atoms with Crippen molar-refractivity contribution >= 4 is 28.5 Å². The topological polar surface area (TPSA) is 38.9 Å². The van der Waals surface area contributed by atoms with E-state index < -0.39 is 0 Å². The van der Waals surface area contributed by atoms with Crippen molar-refractivity contribution in [3.8, 4) is 10.6 Å². The molecule has 0 bridgehead atoms. The van der Waals surface area contributed by atoms with Crippen molar-refractivity contribution in [3.63, 3.8) is 0 Å². The van der Waals surface area contributed by atoms with Gasteiger partial charge in [0.2, 0.25) is 0 Å². The van der Waals surface area contributed by atoms with Crippen LogP contribution in [0.5, 0.6) is 0 Å². The van der Waals surface area contributed by atoms with Crippen molar-refractivity contribution in [1.29, 1.82) is 0 Å². The minimum Gasteiger partial charge on any atom is -0.389 e. The van der Waals surface area contributed by atoms with Gasteiger partial charge in [0.15, 0.2) is 0 Å². The van der Waals surface area contributed by atoms with Gasteiger partial charge in [-0.25, -0.2) is 4.98 Å². The number of benzene rings is 1. The third-order valence-electron chi connectivity index (χ3n) is 2.43. The molecule has 0 aliphatic heterocycles. The number of nitrogens with two attached hydrogens (primary N) is 1. The third kappa shape index (κ3) is 2.70. The van der Waals surface area contributed by atoms with Crippen LogP contribution in [0.15, 0.2) is 30.3 Å². The highest BCUT2D eigenvalue weighted by molar-refractivity contribution is 7.81. The molecule has 1 aromatic carbocycles. The Balaban J connectivity index is 2.44. The number of nitrogens with zero attached hydrogens (tertiary/aromatic N) is 1. The second-order valence-electron chi connectivity index (χ2n) is 3.78. The highest BCUT2D eigenvalue weighted by Gasteiger charge is 2.13. The van der Waals surface area contributed by atoms with Gasteiger partial charge in [0.1, 0.15) is 10.00 Å². The van der Waals surface area contributed by atoms with E-state index in [2.05, 4.69) is 24.0 Å². The predicted octanol–water partition coefficient (Wildman–Crippen LogP) is 3.40. The van der Waals surface area contributed by atoms with E-state index in [0.29, 0.717) is 4.99 Å². The number of rotatable bonds is 4. The average Bonchev–Trinajstić information content (AvgIpc) is 2.75. The first-order chi connectivity index (χ1) is 8.22. The molecular weight excluding hydrogens is 248 g/mol. The molecule has 4 heteroatoms. The van der Waals surface area contributed by atoms with E-state index in [1.807, 2.05) is 18.2 Å². The fourth-order valence-electron chi connectivity index (χ4n) is 1.65. The number of aromatic nitrogens is 1. The number of thiocarbonyl (C=S) groups is 1. The van der Waals surface area contributed by atoms with Crippen LogP contribution in [0.2, 0.25) is 0 Å². The number of thiazole rings is 1. The van der Waals surface area contributed by atoms with Crippen LogP contribution in [0.1, 0.15) is 23.9 Å². The van der Waals surface area contributed by atoms with Crippen molar-refractivity contribution in [1.82, 2.24) is 4.98 Å². The van der Waals surface area contributed by atoms with Crippen LogP contribution in [0.3, 0.4) is 0 Å². The molecular formula is C13H14N2S2. The van der Waals surface area contributed by atoms with Gasteiger partial charge in [0.25, 0.3) is 0 Å². The molecule has 0 amide bonds. The molecule has 1 heterocycles. The molecule has 0 unspecified atom stereocenters. The molecule has 2 rings (SSSR count). The van der Waals surface area contributed by atoms with E-state index in [4.69, 9.17) is 18.0 Å². The number of hydrogen-bond acceptors (Lipinski definition) is 3. The quantitative estimate of drug-likeness (QED) is 0.858. The summed E-state index contributed by atoms with van der Waals surface area (Å²) in [5.41, 5.74) is 7.89. The summed E-state index contributed by atoms with van der Waals surface area (Å²) < 4.78 is 0. The van der Waals surface area contributed by atoms with Gasteiger partial charge < -0.3 is 5.73 Å². The zero-order valence-corrected chi connectivity index (χ0v) is 11.3. The number of hydrogen-bond donors (Lipinski definition) is 1. The van der Waals surface area contributed by atoms with E-state index in [1.165, 1.54) is 0 Å². The summed E-state index contributed by atoms with van der Waals surface area (Å²) in [6, 6.07) is 10.1. The summed E-state index contributed by atoms with van der Waals surface area (Å²) in [6.07, 6.45) is 1.98. The van der Waals surface area contributed by atoms with E-state index in [0.717, 1.165) is 34.0 Å². The van der Waals surface area contributed by atoms with Gasteiger partial charge in [-0.15, -0.1) is 11.3 Å². The Morgan fingerprint density at radius 3 is 2.65 bits per heavy atom. The Bertz CT molecular complexity index is 517. The highest BCUT2D eigenvalue weighted by atomic mass is 32.1. The monoisotopic (exact) mass is 262 g/mol. The Labute approximate surface area is 111 Å². The number of aryl methyl sites for hydroxylation is 1. The molecule has 0 aliphatic rings. The minimum absolute atomic E-state index is 0.452. The lowest BCUT2D eigenvalue weighted by Crippen LogP contribution is -2.09. The van der Waals surface area contributed by atoms with E-state index >= 15 is 0 Å². The lowest BCUT2D eigenvalue weighted by Gasteiger charge is -1.96. The maximum Gasteiger partial charge on any atom is 0.124 e. The molecule has 0 aliphatic carbocycles. The second-order valence-corrected chi connectivity index (χ2v) is 5.21. The minimum atomic E-state index is 0.452. The maximum atomic E-state index is 5.74. The van der Waals surface area contributed by atoms with Gasteiger partial charge in [-0.1, -0.05) is 55.9 Å². The summed E-state index contributed by atoms with van der Waals surface area (Å²) in [5.74, 6) is 0. The van der Waals surface area contributed by atoms with E-state index in [-0.39, 0.29) is 0 Å². The van der Waals surface area contributed by atoms with Crippen molar-refractivity contribution in [3.05, 3.63) is 40.9 Å². The molecule has 2 N–H and O–H groups in total. The van der Waals surface area contributed by atoms with Crippen LogP contribution in [-0.4, -0.2) is 9.97 Å². The summed E-state index contributed by atoms with van der Waals surface area (Å²) in [4.78, 5) is 6.05. The smallest absolute Gasteiger partial charge is 0.124 e. The van der Waals surface area contributed by atoms with E-state index in [1.54, 1.807) is 11.3 Å². The lowest BCUT2D eigenvalue weighted by molar-refractivity contribution is 0.892. The van der Waals surface area contributed by atoms with Gasteiger partial charge in [-0.05, 0) is 6.42 Å². The van der Waals surface area contributed by atoms with Gasteiger partial charge in [0.05, 0.1) is 10.6 Å². The van der Waals surface area contributed by atoms with Gasteiger partial charge in [-0.2, -0.15) is 0 Å². The van der Waals surface area contributed by atoms with Gasteiger partial charge in [0, 0.05) is 5.56 Å². The lowest BCUT2D eigenvalue weighted by atomic mass is 10.2. The highest BCUT2D eigenvalue weighted by Crippen LogP contribution is 2.28. The van der Waals surface area contributed by atoms with Crippen LogP contribution >= 0.6 is 23.6 Å². The van der Waals surface area contributed by atoms with Crippen LogP contribution in [0, 0.1) is 0 Å². The summed E-state index contributed by atoms with van der Waals surface area (Å²) in [6.45, 7) is 2.13. The first-order valence-corrected chi connectivity index (χ1v) is 6.79. The van der Waals surface area contributed by atoms with Crippen LogP contribution in [-0.2, 0) is 6.42 Å². The van der Waals surface area contributed by atoms with Gasteiger partial charge in [-0.3, -0.25) is 0 Å². The molecule has 88 valence electrons. The zero-order valence-electron chi connectivity index (χ0n) is 9.64. The standard InChI is InChI=1S/C13H14N2S2/c1-2-6-10-11(12(14)16)17-13(15-10)9-7-4-3-5-8-9/h3-5,7-8H,2,6H2,1H3,(H2,14,16). The molecule has 2 nitrogen and oxygen atoms in total. The first-order valence-electron chi connectivity index (χ1n) is 5.57. The van der Waals surface area contributed by atoms with Crippen LogP contribution in [0.4, 0.5) is 0 Å². The Hall–Kier alpha value is -1.26. The Kier molecular flexibility index (Phi) is 3.86. The van der Waals surface area contributed by atoms with Crippen molar-refractivity contribution in [2.45, 2.75) is 19.8 Å². The fourth-order valence-corrected chi connectivity index (χ4v) is 2.87. The molecule has 0 atom stereocenters. The Morgan fingerprint density at radius 2 is 2.06 bits per heavy atom. The molecule has 0 radical (unpaired) electrons. The molecule has 2 aromatic rings. The predicted molar refractivity (Wildman–Crippen MR) is 77.4 cm³/mol. The summed E-state index contributed by atoms with van der Waals surface area (Å²) >= 11 is 6.66. The molecule has 0 saturated carbocycles. The Morgan fingerprint density at radius 1 is 1.35 bits per heavy atom. The first kappa shape index (κ1) is 12.2. The molecule has 0 saturated heterocycles. The normalized spacial score (nSPS) is 10.4. The SMILES string of the molecule is CCCc1nc(-c2ccccc2)sc1C(N)=S. The zero-order chi connectivity index (χ0) is 12.3. The third-order valence-corrected chi connectivity index (χ3v) is 3.94. The summed E-state index contributed by atoms with van der Waals surface area (Å²) in [7, 11) is 0. The molecule has 0 fully saturated rings. The molecule has 0 spiro atoms. The van der Waals surface area contributed by atoms with Gasteiger partial charge >= 0.3 is 0 Å². The largest absolute Gasteiger partial charge is 0.389 e. The van der Waals surface area contributed by atoms with Crippen molar-refractivity contribution in [2.24, 2.45) is 5.73 Å². The fraction of sp³-hybridized carbons (Fsp3) is 0.231. The van der Waals surface area contributed by atoms with Crippen molar-refractivity contribution < 1.29 is 0 Å². The molecule has 1 aromatic heterocycles. The second kappa shape index (κ2) is 5.38. The molecule has 17 heavy (non-hydrogen) atoms. The van der Waals surface area contributed by atoms with Crippen molar-refractivity contribution in [2.75, 3.05) is 0 Å².